The molecule has 0 atom stereocenters. The summed E-state index contributed by atoms with van der Waals surface area (Å²) >= 11 is 0. The summed E-state index contributed by atoms with van der Waals surface area (Å²) in [7, 11) is 5.54. The number of carbonyl (C=O) groups excluding carboxylic acids is 1. The Bertz CT molecular complexity index is 1340. The maximum Gasteiger partial charge on any atom is 0.337 e. The zero-order chi connectivity index (χ0) is 25.3. The molecule has 4 aromatic carbocycles. The summed E-state index contributed by atoms with van der Waals surface area (Å²) in [6.45, 7) is 0.543. The largest absolute Gasteiger partial charge is 0.494 e. The number of carbonyl (C=O) groups is 2. The molecule has 4 aromatic rings. The molecule has 0 aliphatic heterocycles. The van der Waals surface area contributed by atoms with Gasteiger partial charge in [-0.15, -0.1) is 0 Å². The van der Waals surface area contributed by atoms with E-state index in [0.29, 0.717) is 17.8 Å². The van der Waals surface area contributed by atoms with Gasteiger partial charge in [-0.1, -0.05) is 73.1 Å². The Labute approximate surface area is 210 Å². The minimum absolute atomic E-state index is 0.0229. The third-order valence-electron chi connectivity index (χ3n) is 5.42. The lowest BCUT2D eigenvalue weighted by atomic mass is 10.0. The van der Waals surface area contributed by atoms with Crippen LogP contribution in [-0.2, 0) is 6.61 Å². The molecule has 0 heterocycles. The molecule has 2 N–H and O–H groups in total. The van der Waals surface area contributed by atoms with Crippen molar-refractivity contribution in [1.29, 1.82) is 0 Å². The van der Waals surface area contributed by atoms with Crippen LogP contribution in [0.2, 0.25) is 6.32 Å². The average molecular weight is 477 g/mol. The minimum atomic E-state index is -1.15. The highest BCUT2D eigenvalue weighted by Gasteiger charge is 2.19. The normalized spacial score (nSPS) is 10.4. The van der Waals surface area contributed by atoms with Gasteiger partial charge in [0.2, 0.25) is 0 Å². The zero-order valence-corrected chi connectivity index (χ0v) is 19.5. The van der Waals surface area contributed by atoms with Crippen LogP contribution in [0.25, 0.3) is 11.1 Å². The Balaban J connectivity index is 1.66. The quantitative estimate of drug-likeness (QED) is 0.280. The number of rotatable bonds is 10. The monoisotopic (exact) mass is 477 g/mol. The second-order valence-electron chi connectivity index (χ2n) is 7.96. The van der Waals surface area contributed by atoms with Crippen LogP contribution < -0.4 is 14.8 Å². The molecule has 1 amide bonds. The molecule has 0 aliphatic rings. The Morgan fingerprint density at radius 1 is 0.778 bits per heavy atom. The van der Waals surface area contributed by atoms with Crippen LogP contribution in [-0.4, -0.2) is 31.4 Å². The number of aromatic carboxylic acids is 1. The van der Waals surface area contributed by atoms with E-state index >= 15 is 0 Å². The summed E-state index contributed by atoms with van der Waals surface area (Å²) in [5, 5.41) is 12.5. The number of carboxylic acid groups (broad SMARTS) is 1. The van der Waals surface area contributed by atoms with Crippen LogP contribution in [0.1, 0.15) is 26.3 Å². The van der Waals surface area contributed by atoms with Crippen LogP contribution in [0.15, 0.2) is 97.1 Å². The van der Waals surface area contributed by atoms with Gasteiger partial charge in [0, 0.05) is 0 Å². The molecule has 0 aromatic heterocycles. The van der Waals surface area contributed by atoms with E-state index < -0.39 is 11.9 Å². The highest BCUT2D eigenvalue weighted by molar-refractivity contribution is 6.10. The summed E-state index contributed by atoms with van der Waals surface area (Å²) in [6, 6.07) is 28.8. The van der Waals surface area contributed by atoms with E-state index in [-0.39, 0.29) is 30.0 Å². The first kappa shape index (κ1) is 24.6. The summed E-state index contributed by atoms with van der Waals surface area (Å²) < 4.78 is 11.6. The highest BCUT2D eigenvalue weighted by Crippen LogP contribution is 2.29. The van der Waals surface area contributed by atoms with E-state index in [4.69, 9.17) is 17.3 Å². The predicted octanol–water partition coefficient (Wildman–Crippen LogP) is 5.85. The van der Waals surface area contributed by atoms with Gasteiger partial charge < -0.3 is 19.9 Å². The first-order valence-corrected chi connectivity index (χ1v) is 11.4. The fraction of sp³-hybridized carbons (Fsp3) is 0.103. The van der Waals surface area contributed by atoms with Gasteiger partial charge in [0.05, 0.1) is 31.3 Å². The summed E-state index contributed by atoms with van der Waals surface area (Å²) in [4.78, 5) is 25.3. The number of amides is 1. The second-order valence-corrected chi connectivity index (χ2v) is 7.96. The van der Waals surface area contributed by atoms with Gasteiger partial charge in [-0.3, -0.25) is 4.79 Å². The molecular formula is C29H24BNO5. The molecule has 0 fully saturated rings. The van der Waals surface area contributed by atoms with Gasteiger partial charge in [0.25, 0.3) is 5.91 Å². The van der Waals surface area contributed by atoms with Crippen molar-refractivity contribution in [2.24, 2.45) is 0 Å². The van der Waals surface area contributed by atoms with Crippen LogP contribution in [0.5, 0.6) is 11.5 Å². The van der Waals surface area contributed by atoms with Crippen molar-refractivity contribution < 1.29 is 24.2 Å². The van der Waals surface area contributed by atoms with Gasteiger partial charge in [-0.05, 0) is 47.0 Å². The Morgan fingerprint density at radius 2 is 1.50 bits per heavy atom. The van der Waals surface area contributed by atoms with Crippen LogP contribution in [0.4, 0.5) is 5.69 Å². The third-order valence-corrected chi connectivity index (χ3v) is 5.42. The van der Waals surface area contributed by atoms with E-state index in [0.717, 1.165) is 16.7 Å². The number of anilines is 1. The topological polar surface area (TPSA) is 84.9 Å². The molecule has 7 heteroatoms. The Kier molecular flexibility index (Phi) is 8.03. The van der Waals surface area contributed by atoms with Crippen molar-refractivity contribution in [2.75, 3.05) is 11.9 Å². The van der Waals surface area contributed by atoms with Crippen molar-refractivity contribution in [3.05, 3.63) is 114 Å². The molecule has 6 nitrogen and oxygen atoms in total. The van der Waals surface area contributed by atoms with Crippen molar-refractivity contribution in [1.82, 2.24) is 0 Å². The maximum atomic E-state index is 13.4. The number of nitrogens with one attached hydrogen (secondary N) is 1. The van der Waals surface area contributed by atoms with E-state index in [2.05, 4.69) is 5.32 Å². The van der Waals surface area contributed by atoms with Crippen LogP contribution in [0.3, 0.4) is 0 Å². The molecule has 4 rings (SSSR count). The predicted molar refractivity (Wildman–Crippen MR) is 140 cm³/mol. The minimum Gasteiger partial charge on any atom is -0.494 e. The first-order valence-electron chi connectivity index (χ1n) is 11.4. The van der Waals surface area contributed by atoms with Gasteiger partial charge >= 0.3 is 5.97 Å². The molecule has 0 unspecified atom stereocenters. The highest BCUT2D eigenvalue weighted by atomic mass is 16.5. The molecule has 0 bridgehead atoms. The Morgan fingerprint density at radius 3 is 2.19 bits per heavy atom. The third kappa shape index (κ3) is 6.13. The summed E-state index contributed by atoms with van der Waals surface area (Å²) in [6.07, 6.45) is 0.321. The molecule has 178 valence electrons. The average Bonchev–Trinajstić information content (AvgIpc) is 2.91. The lowest BCUT2D eigenvalue weighted by Crippen LogP contribution is -2.16. The molecule has 0 spiro atoms. The van der Waals surface area contributed by atoms with E-state index in [9.17, 15) is 14.7 Å². The van der Waals surface area contributed by atoms with Gasteiger partial charge in [-0.25, -0.2) is 4.79 Å². The molecule has 36 heavy (non-hydrogen) atoms. The van der Waals surface area contributed by atoms with Crippen molar-refractivity contribution in [3.8, 4) is 22.6 Å². The first-order chi connectivity index (χ1) is 17.5. The molecule has 0 aliphatic carbocycles. The maximum absolute atomic E-state index is 13.4. The smallest absolute Gasteiger partial charge is 0.337 e. The van der Waals surface area contributed by atoms with Crippen LogP contribution >= 0.6 is 0 Å². The fourth-order valence-electron chi connectivity index (χ4n) is 3.65. The fourth-order valence-corrected chi connectivity index (χ4v) is 3.65. The van der Waals surface area contributed by atoms with E-state index in [1.165, 1.54) is 6.07 Å². The summed E-state index contributed by atoms with van der Waals surface area (Å²) in [5.74, 6) is -0.879. The van der Waals surface area contributed by atoms with Gasteiger partial charge in [0.1, 0.15) is 18.1 Å². The van der Waals surface area contributed by atoms with Crippen molar-refractivity contribution in [2.45, 2.75) is 12.9 Å². The van der Waals surface area contributed by atoms with Crippen molar-refractivity contribution >= 4 is 25.4 Å². The number of hydrogen-bond acceptors (Lipinski definition) is 4. The zero-order valence-electron chi connectivity index (χ0n) is 19.5. The van der Waals surface area contributed by atoms with Gasteiger partial charge in [0.15, 0.2) is 0 Å². The lowest BCUT2D eigenvalue weighted by Gasteiger charge is -2.15. The standard InChI is InChI=1S/C29H24BNO5/c30-15-16-35-23-12-14-27(36-19-20-7-3-1-4-8-20)25(18-23)28(32)31-26-17-22(11-13-24(26)29(33)34)21-9-5-2-6-10-21/h1-14,17-18H,15-16,19H2,(H,31,32)(H,33,34). The molecule has 2 radical (unpaired) electrons. The van der Waals surface area contributed by atoms with Crippen LogP contribution in [0, 0.1) is 0 Å². The van der Waals surface area contributed by atoms with E-state index in [1.807, 2.05) is 60.7 Å². The molecule has 0 saturated carbocycles. The van der Waals surface area contributed by atoms with Crippen molar-refractivity contribution in [3.63, 3.8) is 0 Å². The molecular weight excluding hydrogens is 453 g/mol. The van der Waals surface area contributed by atoms with E-state index in [1.54, 1.807) is 30.3 Å². The number of hydrogen-bond donors (Lipinski definition) is 2. The number of carboxylic acids is 1. The number of ether oxygens (including phenoxy) is 2. The second kappa shape index (κ2) is 11.8. The summed E-state index contributed by atoms with van der Waals surface area (Å²) in [5.41, 5.74) is 2.98. The molecule has 0 saturated heterocycles. The SMILES string of the molecule is [B]CCOc1ccc(OCc2ccccc2)c(C(=O)Nc2cc(-c3ccccc3)ccc2C(=O)O)c1. The Hall–Kier alpha value is -4.52. The van der Waals surface area contributed by atoms with Gasteiger partial charge in [-0.2, -0.15) is 0 Å². The number of benzene rings is 4. The lowest BCUT2D eigenvalue weighted by molar-refractivity contribution is 0.0698.